The van der Waals surface area contributed by atoms with E-state index in [-0.39, 0.29) is 21.1 Å². The Bertz CT molecular complexity index is 460. The predicted molar refractivity (Wildman–Crippen MR) is 72.3 cm³/mol. The summed E-state index contributed by atoms with van der Waals surface area (Å²) in [6.45, 7) is 0. The van der Waals surface area contributed by atoms with Gasteiger partial charge in [-0.25, -0.2) is 0 Å². The van der Waals surface area contributed by atoms with Crippen molar-refractivity contribution in [3.05, 3.63) is 0 Å². The fraction of sp³-hybridized carbons (Fsp3) is 0. The van der Waals surface area contributed by atoms with Gasteiger partial charge in [0.25, 0.3) is 46.9 Å². The van der Waals surface area contributed by atoms with Gasteiger partial charge in [0.05, 0.1) is 0 Å². The Morgan fingerprint density at radius 1 is 0.290 bits per heavy atom. The van der Waals surface area contributed by atoms with Crippen LogP contribution >= 0.6 is 46.9 Å². The summed E-state index contributed by atoms with van der Waals surface area (Å²) >= 11 is 0. The first-order chi connectivity index (χ1) is 12.0. The van der Waals surface area contributed by atoms with Gasteiger partial charge in [0.2, 0.25) is 0 Å². The van der Waals surface area contributed by atoms with E-state index >= 15 is 0 Å². The molecule has 0 heterocycles. The van der Waals surface area contributed by atoms with E-state index in [0.29, 0.717) is 0 Å². The molecule has 31 heteroatoms. The van der Waals surface area contributed by atoms with Crippen LogP contribution in [0, 0.1) is 0 Å². The van der Waals surface area contributed by atoms with Gasteiger partial charge in [-0.15, -0.1) is 0 Å². The topological polar surface area (TPSA) is 484 Å². The first kappa shape index (κ1) is 49.5. The molecule has 0 aliphatic rings. The molecule has 0 rings (SSSR count). The van der Waals surface area contributed by atoms with Crippen LogP contribution in [0.3, 0.4) is 0 Å². The van der Waals surface area contributed by atoms with Crippen molar-refractivity contribution in [3.8, 4) is 0 Å². The van der Waals surface area contributed by atoms with Crippen LogP contribution in [-0.2, 0) is 48.5 Å². The van der Waals surface area contributed by atoms with Gasteiger partial charge in [-0.3, -0.25) is 27.4 Å². The fourth-order valence-electron chi connectivity index (χ4n) is 0. The van der Waals surface area contributed by atoms with E-state index in [4.69, 9.17) is 115 Å². The van der Waals surface area contributed by atoms with E-state index < -0.39 is 46.9 Å². The molecular formula is H12O24P6W. The van der Waals surface area contributed by atoms with Gasteiger partial charge in [0, 0.05) is 0 Å². The number of phosphoric acid groups is 6. The average molecular weight is 766 g/mol. The van der Waals surface area contributed by atoms with E-state index in [1.54, 1.807) is 0 Å². The summed E-state index contributed by atoms with van der Waals surface area (Å²) in [5.74, 6) is 0. The van der Waals surface area contributed by atoms with Gasteiger partial charge in [0.15, 0.2) is 0 Å². The number of rotatable bonds is 0. The molecule has 0 spiro atoms. The van der Waals surface area contributed by atoms with Crippen molar-refractivity contribution in [2.45, 2.75) is 0 Å². The van der Waals surface area contributed by atoms with Crippen molar-refractivity contribution >= 4 is 46.9 Å². The van der Waals surface area contributed by atoms with Crippen LogP contribution in [0.15, 0.2) is 0 Å². The van der Waals surface area contributed by atoms with Gasteiger partial charge < -0.3 is 88.1 Å². The summed E-state index contributed by atoms with van der Waals surface area (Å²) < 4.78 is 52.6. The van der Waals surface area contributed by atoms with Crippen LogP contribution in [0.4, 0.5) is 0 Å². The standard InChI is InChI=1S/6H3O4P.W/c6*1-5(2,3)4;/h6*(H3,1,2,3,4);/q;;;;;;+6/p-6. The third kappa shape index (κ3) is 14900. The second-order valence-corrected chi connectivity index (χ2v) is 8.83. The molecule has 24 nitrogen and oxygen atoms in total. The molecule has 0 bridgehead atoms. The van der Waals surface area contributed by atoms with E-state index in [2.05, 4.69) is 0 Å². The Balaban J connectivity index is -0.0000000443. The van der Waals surface area contributed by atoms with Crippen LogP contribution in [0.2, 0.25) is 0 Å². The molecule has 0 aromatic carbocycles. The maximum absolute atomic E-state index is 8.77. The van der Waals surface area contributed by atoms with Gasteiger partial charge in [-0.05, 0) is 0 Å². The quantitative estimate of drug-likeness (QED) is 0.102. The fourth-order valence-corrected chi connectivity index (χ4v) is 0. The third-order valence-electron chi connectivity index (χ3n) is 0. The Kier molecular flexibility index (Phi) is 33.0. The molecule has 192 valence electrons. The van der Waals surface area contributed by atoms with Crippen molar-refractivity contribution in [2.24, 2.45) is 0 Å². The Labute approximate surface area is 183 Å². The smallest absolute Gasteiger partial charge is 0.756 e. The van der Waals surface area contributed by atoms with Gasteiger partial charge in [-0.2, -0.15) is 0 Å². The number of hydrogen-bond acceptors (Lipinski definition) is 12. The largest absolute Gasteiger partial charge is 6.00 e. The zero-order valence-electron chi connectivity index (χ0n) is 13.4. The molecule has 0 aromatic heterocycles. The van der Waals surface area contributed by atoms with Gasteiger partial charge in [-0.1, -0.05) is 0 Å². The zero-order chi connectivity index (χ0) is 27.0. The summed E-state index contributed by atoms with van der Waals surface area (Å²) in [7, 11) is -29.3. The maximum atomic E-state index is 8.77. The molecule has 0 unspecified atom stereocenters. The molecule has 0 radical (unpaired) electrons. The zero-order valence-corrected chi connectivity index (χ0v) is 21.7. The minimum Gasteiger partial charge on any atom is -0.756 e. The SMILES string of the molecule is O=P([O-])(O)O.O=P([O-])(O)O.O=P([O-])(O)O.O=P([O-])(O)O.O=P([O-])(O)O.O=P([O-])(O)O.[W+6]. The van der Waals surface area contributed by atoms with Gasteiger partial charge in [0.1, 0.15) is 0 Å². The molecule has 0 aliphatic carbocycles. The van der Waals surface area contributed by atoms with Crippen molar-refractivity contribution in [3.63, 3.8) is 0 Å². The monoisotopic (exact) mass is 766 g/mol. The van der Waals surface area contributed by atoms with Crippen molar-refractivity contribution < 1.29 is 137 Å². The Hall–Kier alpha value is 1.35. The molecule has 0 aromatic rings. The van der Waals surface area contributed by atoms with E-state index in [1.807, 2.05) is 0 Å². The average Bonchev–Trinajstić information content (AvgIpc) is 1.94. The van der Waals surface area contributed by atoms with Crippen LogP contribution in [-0.4, -0.2) is 58.7 Å². The minimum atomic E-state index is -4.89. The molecule has 0 saturated heterocycles. The Morgan fingerprint density at radius 2 is 0.290 bits per heavy atom. The summed E-state index contributed by atoms with van der Waals surface area (Å²) in [4.78, 5) is 138. The van der Waals surface area contributed by atoms with Crippen molar-refractivity contribution in [2.75, 3.05) is 0 Å². The van der Waals surface area contributed by atoms with E-state index in [9.17, 15) is 0 Å². The first-order valence-electron chi connectivity index (χ1n) is 4.59. The summed E-state index contributed by atoms with van der Waals surface area (Å²) in [5, 5.41) is 0. The van der Waals surface area contributed by atoms with Crippen LogP contribution in [0.1, 0.15) is 0 Å². The van der Waals surface area contributed by atoms with Crippen molar-refractivity contribution in [1.82, 2.24) is 0 Å². The van der Waals surface area contributed by atoms with Crippen LogP contribution in [0.5, 0.6) is 0 Å². The normalized spacial score (nSPS) is 11.4. The number of hydrogen-bond donors (Lipinski definition) is 12. The molecular weight excluding hydrogens is 754 g/mol. The van der Waals surface area contributed by atoms with E-state index in [1.165, 1.54) is 0 Å². The molecule has 31 heavy (non-hydrogen) atoms. The Morgan fingerprint density at radius 3 is 0.290 bits per heavy atom. The molecule has 0 atom stereocenters. The maximum Gasteiger partial charge on any atom is 6.00 e. The summed E-state index contributed by atoms with van der Waals surface area (Å²) in [6, 6.07) is 0. The molecule has 0 fully saturated rings. The van der Waals surface area contributed by atoms with Gasteiger partial charge >= 0.3 is 21.1 Å². The van der Waals surface area contributed by atoms with Crippen LogP contribution in [0.25, 0.3) is 0 Å². The second kappa shape index (κ2) is 20.7. The summed E-state index contributed by atoms with van der Waals surface area (Å²) in [6.07, 6.45) is 0. The molecule has 0 aliphatic heterocycles. The molecule has 12 N–H and O–H groups in total. The third-order valence-corrected chi connectivity index (χ3v) is 0. The predicted octanol–water partition coefficient (Wildman–Crippen LogP) is -9.37. The van der Waals surface area contributed by atoms with E-state index in [0.717, 1.165) is 0 Å². The van der Waals surface area contributed by atoms with Crippen molar-refractivity contribution in [1.29, 1.82) is 0 Å². The molecule has 0 amide bonds. The first-order valence-corrected chi connectivity index (χ1v) is 13.8. The summed E-state index contributed by atoms with van der Waals surface area (Å²) in [5.41, 5.74) is 0. The van der Waals surface area contributed by atoms with Crippen LogP contribution < -0.4 is 29.4 Å². The minimum absolute atomic E-state index is 0. The second-order valence-electron chi connectivity index (χ2n) is 2.94. The molecule has 0 saturated carbocycles.